The first-order valence-corrected chi connectivity index (χ1v) is 33.1. The van der Waals surface area contributed by atoms with Crippen LogP contribution in [0.4, 0.5) is 0 Å². The van der Waals surface area contributed by atoms with E-state index in [4.69, 9.17) is 14.2 Å². The van der Waals surface area contributed by atoms with Gasteiger partial charge >= 0.3 is 17.9 Å². The Bertz CT molecular complexity index is 1130. The Hall–Kier alpha value is -1.59. The molecular formula is C67H130O6. The molecule has 0 saturated heterocycles. The van der Waals surface area contributed by atoms with E-state index >= 15 is 0 Å². The van der Waals surface area contributed by atoms with Crippen LogP contribution in [-0.2, 0) is 28.6 Å². The fourth-order valence-electron chi connectivity index (χ4n) is 10.4. The van der Waals surface area contributed by atoms with Crippen molar-refractivity contribution in [2.75, 3.05) is 13.2 Å². The van der Waals surface area contributed by atoms with Crippen molar-refractivity contribution in [3.8, 4) is 0 Å². The van der Waals surface area contributed by atoms with E-state index in [0.29, 0.717) is 19.3 Å². The maximum absolute atomic E-state index is 12.9. The smallest absolute Gasteiger partial charge is 0.306 e. The highest BCUT2D eigenvalue weighted by Crippen LogP contribution is 2.19. The van der Waals surface area contributed by atoms with Gasteiger partial charge in [-0.25, -0.2) is 0 Å². The maximum Gasteiger partial charge on any atom is 0.306 e. The fraction of sp³-hybridized carbons (Fsp3) is 0.955. The van der Waals surface area contributed by atoms with E-state index in [-0.39, 0.29) is 31.1 Å². The van der Waals surface area contributed by atoms with Gasteiger partial charge in [-0.1, -0.05) is 337 Å². The summed E-state index contributed by atoms with van der Waals surface area (Å²) in [5.74, 6) is 1.72. The molecule has 434 valence electrons. The molecule has 0 unspecified atom stereocenters. The number of carbonyl (C=O) groups excluding carboxylic acids is 3. The SMILES string of the molecule is CC(C)CCCCCCCCCCCCCCCCCCC(=O)OC[C@@H](COC(=O)CCCCCCCCCCCCCCCCC(C)C)OC(=O)CCCCCCCCCCCCCCCCCCC(C)C. The molecule has 0 spiro atoms. The van der Waals surface area contributed by atoms with Gasteiger partial charge in [-0.15, -0.1) is 0 Å². The third-order valence-electron chi connectivity index (χ3n) is 15.4. The molecule has 0 aliphatic rings. The molecule has 0 aromatic rings. The molecule has 0 rings (SSSR count). The minimum absolute atomic E-state index is 0.0622. The Labute approximate surface area is 457 Å². The maximum atomic E-state index is 12.9. The lowest BCUT2D eigenvalue weighted by Crippen LogP contribution is -2.30. The molecule has 0 saturated carbocycles. The zero-order chi connectivity index (χ0) is 53.3. The molecule has 6 nitrogen and oxygen atoms in total. The van der Waals surface area contributed by atoms with Gasteiger partial charge < -0.3 is 14.2 Å². The normalized spacial score (nSPS) is 12.1. The monoisotopic (exact) mass is 1030 g/mol. The second-order valence-corrected chi connectivity index (χ2v) is 24.5. The summed E-state index contributed by atoms with van der Waals surface area (Å²) in [4.78, 5) is 38.4. The molecule has 0 amide bonds. The molecule has 0 fully saturated rings. The zero-order valence-electron chi connectivity index (χ0n) is 50.4. The van der Waals surface area contributed by atoms with Crippen LogP contribution in [0, 0.1) is 17.8 Å². The van der Waals surface area contributed by atoms with Crippen molar-refractivity contribution in [3.63, 3.8) is 0 Å². The minimum atomic E-state index is -0.765. The Kier molecular flexibility index (Phi) is 56.8. The number of rotatable bonds is 60. The number of unbranched alkanes of at least 4 members (excludes halogenated alkanes) is 43. The van der Waals surface area contributed by atoms with Crippen LogP contribution in [0.2, 0.25) is 0 Å². The topological polar surface area (TPSA) is 78.9 Å². The van der Waals surface area contributed by atoms with Gasteiger partial charge in [0, 0.05) is 19.3 Å². The second kappa shape index (κ2) is 58.1. The standard InChI is InChI=1S/C67H130O6/c1-61(2)53-47-41-35-29-23-17-11-7-9-13-20-26-32-38-44-50-56-65(68)71-59-64(60-72-66(69)57-51-45-39-33-27-21-16-15-19-25-31-37-43-49-55-63(5)6)73-67(70)58-52-46-40-34-28-22-14-10-8-12-18-24-30-36-42-48-54-62(3)4/h61-64H,7-60H2,1-6H3/t64-/m0/s1. The molecule has 6 heteroatoms. The number of ether oxygens (including phenoxy) is 3. The lowest BCUT2D eigenvalue weighted by atomic mass is 10.0. The molecule has 0 heterocycles. The molecule has 0 aliphatic carbocycles. The van der Waals surface area contributed by atoms with E-state index < -0.39 is 6.10 Å². The van der Waals surface area contributed by atoms with Crippen LogP contribution in [0.3, 0.4) is 0 Å². The summed E-state index contributed by atoms with van der Waals surface area (Å²) in [5.41, 5.74) is 0. The van der Waals surface area contributed by atoms with Crippen molar-refractivity contribution in [1.29, 1.82) is 0 Å². The van der Waals surface area contributed by atoms with Gasteiger partial charge in [-0.05, 0) is 37.0 Å². The summed E-state index contributed by atoms with van der Waals surface area (Å²) in [6.07, 6.45) is 63.9. The highest BCUT2D eigenvalue weighted by molar-refractivity contribution is 5.71. The first-order chi connectivity index (χ1) is 35.6. The van der Waals surface area contributed by atoms with Crippen molar-refractivity contribution in [2.45, 2.75) is 382 Å². The van der Waals surface area contributed by atoms with E-state index in [9.17, 15) is 14.4 Å². The van der Waals surface area contributed by atoms with Crippen molar-refractivity contribution in [2.24, 2.45) is 17.8 Å². The Morgan fingerprint density at radius 2 is 0.397 bits per heavy atom. The van der Waals surface area contributed by atoms with Gasteiger partial charge in [-0.3, -0.25) is 14.4 Å². The van der Waals surface area contributed by atoms with E-state index in [1.165, 1.54) is 257 Å². The van der Waals surface area contributed by atoms with Crippen LogP contribution in [0.1, 0.15) is 375 Å². The molecule has 0 aromatic carbocycles. The highest BCUT2D eigenvalue weighted by atomic mass is 16.6. The fourth-order valence-corrected chi connectivity index (χ4v) is 10.4. The number of esters is 3. The van der Waals surface area contributed by atoms with Crippen LogP contribution in [0.5, 0.6) is 0 Å². The number of carbonyl (C=O) groups is 3. The molecule has 73 heavy (non-hydrogen) atoms. The van der Waals surface area contributed by atoms with Crippen molar-refractivity contribution < 1.29 is 28.6 Å². The van der Waals surface area contributed by atoms with Gasteiger partial charge in [0.05, 0.1) is 0 Å². The summed E-state index contributed by atoms with van der Waals surface area (Å²) < 4.78 is 17.0. The summed E-state index contributed by atoms with van der Waals surface area (Å²) >= 11 is 0. The van der Waals surface area contributed by atoms with Gasteiger partial charge in [0.2, 0.25) is 0 Å². The van der Waals surface area contributed by atoms with Crippen molar-refractivity contribution in [3.05, 3.63) is 0 Å². The van der Waals surface area contributed by atoms with E-state index in [1.807, 2.05) is 0 Å². The summed E-state index contributed by atoms with van der Waals surface area (Å²) in [6, 6.07) is 0. The number of hydrogen-bond acceptors (Lipinski definition) is 6. The van der Waals surface area contributed by atoms with Gasteiger partial charge in [-0.2, -0.15) is 0 Å². The van der Waals surface area contributed by atoms with E-state index in [2.05, 4.69) is 41.5 Å². The van der Waals surface area contributed by atoms with Crippen LogP contribution < -0.4 is 0 Å². The van der Waals surface area contributed by atoms with Crippen molar-refractivity contribution in [1.82, 2.24) is 0 Å². The summed E-state index contributed by atoms with van der Waals surface area (Å²) in [7, 11) is 0. The molecule has 1 atom stereocenters. The summed E-state index contributed by atoms with van der Waals surface area (Å²) in [6.45, 7) is 13.8. The van der Waals surface area contributed by atoms with Gasteiger partial charge in [0.25, 0.3) is 0 Å². The molecule has 0 aliphatic heterocycles. The third-order valence-corrected chi connectivity index (χ3v) is 15.4. The lowest BCUT2D eigenvalue weighted by molar-refractivity contribution is -0.167. The van der Waals surface area contributed by atoms with Crippen LogP contribution in [0.15, 0.2) is 0 Å². The second-order valence-electron chi connectivity index (χ2n) is 24.5. The van der Waals surface area contributed by atoms with Crippen LogP contribution in [-0.4, -0.2) is 37.2 Å². The van der Waals surface area contributed by atoms with Crippen molar-refractivity contribution >= 4 is 17.9 Å². The van der Waals surface area contributed by atoms with E-state index in [0.717, 1.165) is 75.5 Å². The molecule has 0 radical (unpaired) electrons. The highest BCUT2D eigenvalue weighted by Gasteiger charge is 2.19. The first kappa shape index (κ1) is 71.4. The Morgan fingerprint density at radius 3 is 0.589 bits per heavy atom. The summed E-state index contributed by atoms with van der Waals surface area (Å²) in [5, 5.41) is 0. The predicted molar refractivity (Wildman–Crippen MR) is 316 cm³/mol. The molecular weight excluding hydrogens is 901 g/mol. The number of hydrogen-bond donors (Lipinski definition) is 0. The Balaban J connectivity index is 4.29. The molecule has 0 N–H and O–H groups in total. The average molecular weight is 1030 g/mol. The van der Waals surface area contributed by atoms with E-state index in [1.54, 1.807) is 0 Å². The molecule has 0 aromatic heterocycles. The third kappa shape index (κ3) is 61.1. The largest absolute Gasteiger partial charge is 0.462 e. The zero-order valence-corrected chi connectivity index (χ0v) is 50.4. The van der Waals surface area contributed by atoms with Gasteiger partial charge in [0.15, 0.2) is 6.10 Å². The first-order valence-electron chi connectivity index (χ1n) is 33.1. The van der Waals surface area contributed by atoms with Gasteiger partial charge in [0.1, 0.15) is 13.2 Å². The predicted octanol–water partition coefficient (Wildman–Crippen LogP) is 22.2. The molecule has 0 bridgehead atoms. The average Bonchev–Trinajstić information content (AvgIpc) is 3.35. The lowest BCUT2D eigenvalue weighted by Gasteiger charge is -2.18. The van der Waals surface area contributed by atoms with Crippen LogP contribution in [0.25, 0.3) is 0 Å². The minimum Gasteiger partial charge on any atom is -0.462 e. The Morgan fingerprint density at radius 1 is 0.233 bits per heavy atom. The quantitative estimate of drug-likeness (QED) is 0.0343. The van der Waals surface area contributed by atoms with Crippen LogP contribution >= 0.6 is 0 Å².